The number of hydrogen-bond acceptors (Lipinski definition) is 3. The third-order valence-electron chi connectivity index (χ3n) is 3.66. The monoisotopic (exact) mass is 285 g/mol. The maximum Gasteiger partial charge on any atom is 0.219 e. The molecule has 0 aliphatic carbocycles. The first-order valence-corrected chi connectivity index (χ1v) is 8.26. The minimum absolute atomic E-state index is 0.453. The highest BCUT2D eigenvalue weighted by atomic mass is 32.2. The van der Waals surface area contributed by atoms with E-state index in [1.165, 1.54) is 0 Å². The van der Waals surface area contributed by atoms with Gasteiger partial charge in [0.25, 0.3) is 0 Å². The summed E-state index contributed by atoms with van der Waals surface area (Å²) in [6.45, 7) is 8.35. The van der Waals surface area contributed by atoms with Crippen LogP contribution in [0.25, 0.3) is 0 Å². The summed E-state index contributed by atoms with van der Waals surface area (Å²) in [7, 11) is -3.28. The van der Waals surface area contributed by atoms with Gasteiger partial charge in [-0.1, -0.05) is 6.92 Å². The third-order valence-corrected chi connectivity index (χ3v) is 6.20. The van der Waals surface area contributed by atoms with Crippen LogP contribution < -0.4 is 0 Å². The molecule has 0 fully saturated rings. The molecule has 6 heteroatoms. The van der Waals surface area contributed by atoms with Crippen LogP contribution in [0.5, 0.6) is 0 Å². The van der Waals surface area contributed by atoms with Crippen molar-refractivity contribution in [2.45, 2.75) is 58.2 Å². The molecule has 2 rings (SSSR count). The summed E-state index contributed by atoms with van der Waals surface area (Å²) in [6.07, 6.45) is 2.54. The fraction of sp³-hybridized carbons (Fsp3) is 0.769. The number of hydrogen-bond donors (Lipinski definition) is 1. The summed E-state index contributed by atoms with van der Waals surface area (Å²) in [6, 6.07) is 0. The second kappa shape index (κ2) is 4.90. The zero-order chi connectivity index (χ0) is 14.3. The normalized spacial score (nSPS) is 18.1. The first-order valence-electron chi connectivity index (χ1n) is 6.82. The summed E-state index contributed by atoms with van der Waals surface area (Å²) < 4.78 is 26.0. The van der Waals surface area contributed by atoms with Gasteiger partial charge < -0.3 is 0 Å². The molecule has 0 atom stereocenters. The van der Waals surface area contributed by atoms with Gasteiger partial charge in [-0.05, 0) is 40.0 Å². The highest BCUT2D eigenvalue weighted by Crippen LogP contribution is 2.27. The fourth-order valence-corrected chi connectivity index (χ4v) is 3.85. The molecular formula is C13H23N3O2S. The van der Waals surface area contributed by atoms with Crippen molar-refractivity contribution in [2.24, 2.45) is 0 Å². The maximum atomic E-state index is 12.6. The molecule has 0 amide bonds. The molecule has 19 heavy (non-hydrogen) atoms. The number of fused-ring (bicyclic) bond motifs is 1. The largest absolute Gasteiger partial charge is 0.282 e. The van der Waals surface area contributed by atoms with Crippen LogP contribution in [0.1, 0.15) is 51.1 Å². The van der Waals surface area contributed by atoms with Crippen molar-refractivity contribution in [3.05, 3.63) is 17.0 Å². The molecule has 0 aromatic carbocycles. The van der Waals surface area contributed by atoms with Crippen molar-refractivity contribution >= 4 is 10.0 Å². The van der Waals surface area contributed by atoms with Crippen LogP contribution in [0.3, 0.4) is 0 Å². The molecule has 108 valence electrons. The molecule has 0 bridgehead atoms. The quantitative estimate of drug-likeness (QED) is 0.901. The van der Waals surface area contributed by atoms with Gasteiger partial charge in [-0.2, -0.15) is 9.40 Å². The lowest BCUT2D eigenvalue weighted by Gasteiger charge is -2.29. The van der Waals surface area contributed by atoms with E-state index in [0.717, 1.165) is 36.2 Å². The molecule has 1 N–H and O–H groups in total. The molecule has 2 heterocycles. The molecular weight excluding hydrogens is 262 g/mol. The zero-order valence-corrected chi connectivity index (χ0v) is 13.0. The number of aromatic nitrogens is 2. The number of H-pyrrole nitrogens is 1. The van der Waals surface area contributed by atoms with Crippen LogP contribution >= 0.6 is 0 Å². The summed E-state index contributed by atoms with van der Waals surface area (Å²) in [4.78, 5) is 0. The first-order chi connectivity index (χ1) is 8.77. The highest BCUT2D eigenvalue weighted by Gasteiger charge is 2.36. The fourth-order valence-electron chi connectivity index (χ4n) is 2.41. The highest BCUT2D eigenvalue weighted by molar-refractivity contribution is 7.90. The molecule has 5 nitrogen and oxygen atoms in total. The number of rotatable bonds is 2. The molecule has 0 spiro atoms. The van der Waals surface area contributed by atoms with Gasteiger partial charge in [-0.3, -0.25) is 5.10 Å². The Morgan fingerprint density at radius 2 is 2.05 bits per heavy atom. The topological polar surface area (TPSA) is 66.1 Å². The Morgan fingerprint density at radius 1 is 1.37 bits per heavy atom. The second-order valence-corrected chi connectivity index (χ2v) is 8.73. The van der Waals surface area contributed by atoms with Crippen LogP contribution in [0.4, 0.5) is 0 Å². The molecule has 1 aliphatic rings. The number of aromatic amines is 1. The van der Waals surface area contributed by atoms with Gasteiger partial charge in [-0.15, -0.1) is 0 Å². The lowest BCUT2D eigenvalue weighted by Crippen LogP contribution is -2.42. The van der Waals surface area contributed by atoms with Crippen LogP contribution in [0.2, 0.25) is 0 Å². The Kier molecular flexibility index (Phi) is 3.75. The van der Waals surface area contributed by atoms with Crippen LogP contribution in [-0.4, -0.2) is 34.2 Å². The second-order valence-electron chi connectivity index (χ2n) is 6.04. The zero-order valence-electron chi connectivity index (χ0n) is 12.2. The van der Waals surface area contributed by atoms with Gasteiger partial charge in [-0.25, -0.2) is 8.42 Å². The Balaban J connectivity index is 2.37. The third kappa shape index (κ3) is 2.56. The van der Waals surface area contributed by atoms with Crippen molar-refractivity contribution in [2.75, 3.05) is 6.54 Å². The van der Waals surface area contributed by atoms with E-state index in [-0.39, 0.29) is 0 Å². The van der Waals surface area contributed by atoms with E-state index in [0.29, 0.717) is 13.1 Å². The molecule has 1 aromatic heterocycles. The van der Waals surface area contributed by atoms with Crippen LogP contribution in [-0.2, 0) is 29.4 Å². The average Bonchev–Trinajstić information content (AvgIpc) is 2.56. The number of aryl methyl sites for hydroxylation is 2. The first kappa shape index (κ1) is 14.5. The molecule has 0 radical (unpaired) electrons. The van der Waals surface area contributed by atoms with Gasteiger partial charge in [0.2, 0.25) is 10.0 Å². The molecule has 0 saturated heterocycles. The van der Waals surface area contributed by atoms with Crippen LogP contribution in [0, 0.1) is 0 Å². The minimum atomic E-state index is -3.28. The SMILES string of the molecule is CCc1n[nH]c2c1CN(S(=O)(=O)C(C)(C)C)CCC2. The van der Waals surface area contributed by atoms with E-state index in [1.807, 2.05) is 6.92 Å². The summed E-state index contributed by atoms with van der Waals surface area (Å²) in [5.74, 6) is 0. The summed E-state index contributed by atoms with van der Waals surface area (Å²) >= 11 is 0. The van der Waals surface area contributed by atoms with E-state index < -0.39 is 14.8 Å². The Morgan fingerprint density at radius 3 is 2.63 bits per heavy atom. The van der Waals surface area contributed by atoms with Crippen molar-refractivity contribution in [1.82, 2.24) is 14.5 Å². The van der Waals surface area contributed by atoms with Gasteiger partial charge in [0.1, 0.15) is 0 Å². The number of sulfonamides is 1. The minimum Gasteiger partial charge on any atom is -0.282 e. The Labute approximate surface area is 115 Å². The van der Waals surface area contributed by atoms with Gasteiger partial charge in [0.05, 0.1) is 10.4 Å². The number of nitrogens with zero attached hydrogens (tertiary/aromatic N) is 2. The summed E-state index contributed by atoms with van der Waals surface area (Å²) in [5, 5.41) is 7.35. The molecule has 0 unspecified atom stereocenters. The lowest BCUT2D eigenvalue weighted by molar-refractivity contribution is 0.391. The van der Waals surface area contributed by atoms with E-state index >= 15 is 0 Å². The number of nitrogens with one attached hydrogen (secondary N) is 1. The van der Waals surface area contributed by atoms with E-state index in [2.05, 4.69) is 10.2 Å². The molecule has 1 aromatic rings. The lowest BCUT2D eigenvalue weighted by atomic mass is 10.1. The van der Waals surface area contributed by atoms with E-state index in [9.17, 15) is 8.42 Å². The van der Waals surface area contributed by atoms with Gasteiger partial charge in [0, 0.05) is 24.3 Å². The van der Waals surface area contributed by atoms with Crippen molar-refractivity contribution < 1.29 is 8.42 Å². The van der Waals surface area contributed by atoms with Crippen molar-refractivity contribution in [1.29, 1.82) is 0 Å². The maximum absolute atomic E-state index is 12.6. The van der Waals surface area contributed by atoms with Crippen molar-refractivity contribution in [3.63, 3.8) is 0 Å². The molecule has 1 aliphatic heterocycles. The van der Waals surface area contributed by atoms with Gasteiger partial charge in [0.15, 0.2) is 0 Å². The predicted octanol–water partition coefficient (Wildman–Crippen LogP) is 1.85. The van der Waals surface area contributed by atoms with Crippen molar-refractivity contribution in [3.8, 4) is 0 Å². The summed E-state index contributed by atoms with van der Waals surface area (Å²) in [5.41, 5.74) is 3.17. The smallest absolute Gasteiger partial charge is 0.219 e. The van der Waals surface area contributed by atoms with Gasteiger partial charge >= 0.3 is 0 Å². The Hall–Kier alpha value is -0.880. The predicted molar refractivity (Wildman–Crippen MR) is 75.4 cm³/mol. The molecule has 0 saturated carbocycles. The average molecular weight is 285 g/mol. The standard InChI is InChI=1S/C13H23N3O2S/c1-5-11-10-9-16(19(17,18)13(2,3)4)8-6-7-12(10)15-14-11/h5-9H2,1-4H3,(H,14,15). The van der Waals surface area contributed by atoms with Crippen LogP contribution in [0.15, 0.2) is 0 Å². The van der Waals surface area contributed by atoms with E-state index in [4.69, 9.17) is 0 Å². The Bertz CT molecular complexity index is 555. The van der Waals surface area contributed by atoms with E-state index in [1.54, 1.807) is 25.1 Å².